The molecule has 21 heavy (non-hydrogen) atoms. The van der Waals surface area contributed by atoms with E-state index in [1.54, 1.807) is 6.07 Å². The van der Waals surface area contributed by atoms with E-state index in [9.17, 15) is 0 Å². The van der Waals surface area contributed by atoms with Crippen molar-refractivity contribution in [2.24, 2.45) is 10.9 Å². The van der Waals surface area contributed by atoms with Gasteiger partial charge in [-0.1, -0.05) is 67.9 Å². The average molecular weight is 312 g/mol. The number of unbranched alkanes of at least 4 members (excludes halogenated alkanes) is 5. The summed E-state index contributed by atoms with van der Waals surface area (Å²) in [7, 11) is 0. The highest BCUT2D eigenvalue weighted by Gasteiger charge is 2.04. The molecule has 0 aromatic heterocycles. The van der Waals surface area contributed by atoms with Crippen molar-refractivity contribution >= 4 is 17.4 Å². The molecule has 4 N–H and O–H groups in total. The summed E-state index contributed by atoms with van der Waals surface area (Å²) in [5.41, 5.74) is 7.18. The summed E-state index contributed by atoms with van der Waals surface area (Å²) < 4.78 is 0. The summed E-state index contributed by atoms with van der Waals surface area (Å²) in [6.45, 7) is 3.98. The molecule has 0 fully saturated rings. The van der Waals surface area contributed by atoms with Gasteiger partial charge in [0.05, 0.1) is 0 Å². The lowest BCUT2D eigenvalue weighted by molar-refractivity contribution is 0.318. The van der Waals surface area contributed by atoms with Gasteiger partial charge in [-0.05, 0) is 24.6 Å². The number of rotatable bonds is 10. The monoisotopic (exact) mass is 311 g/mol. The smallest absolute Gasteiger partial charge is 0.170 e. The Morgan fingerprint density at radius 3 is 2.62 bits per heavy atom. The predicted molar refractivity (Wildman–Crippen MR) is 89.0 cm³/mol. The third-order valence-electron chi connectivity index (χ3n) is 3.48. The maximum absolute atomic E-state index is 8.63. The highest BCUT2D eigenvalue weighted by molar-refractivity contribution is 6.31. The van der Waals surface area contributed by atoms with Gasteiger partial charge in [0.25, 0.3) is 0 Å². The van der Waals surface area contributed by atoms with Crippen LogP contribution < -0.4 is 11.1 Å². The molecule has 1 aromatic rings. The van der Waals surface area contributed by atoms with E-state index in [1.165, 1.54) is 38.5 Å². The molecular weight excluding hydrogens is 286 g/mol. The van der Waals surface area contributed by atoms with E-state index < -0.39 is 0 Å². The lowest BCUT2D eigenvalue weighted by Crippen LogP contribution is -2.16. The molecule has 0 unspecified atom stereocenters. The standard InChI is InChI=1S/C16H26ClN3O/c1-2-3-4-5-6-7-10-19-12-14-9-8-13(11-15(14)17)16(18)20-21/h8-9,11,19,21H,2-7,10,12H2,1H3,(H2,18,20). The van der Waals surface area contributed by atoms with E-state index in [0.29, 0.717) is 10.6 Å². The van der Waals surface area contributed by atoms with Crippen LogP contribution in [0.25, 0.3) is 0 Å². The lowest BCUT2D eigenvalue weighted by Gasteiger charge is -2.08. The first kappa shape index (κ1) is 17.8. The van der Waals surface area contributed by atoms with E-state index >= 15 is 0 Å². The van der Waals surface area contributed by atoms with Crippen molar-refractivity contribution < 1.29 is 5.21 Å². The summed E-state index contributed by atoms with van der Waals surface area (Å²) in [4.78, 5) is 0. The minimum atomic E-state index is 0.0727. The first-order valence-electron chi connectivity index (χ1n) is 7.66. The molecule has 0 aliphatic heterocycles. The zero-order valence-corrected chi connectivity index (χ0v) is 13.5. The second kappa shape index (κ2) is 10.5. The Bertz CT molecular complexity index is 449. The zero-order valence-electron chi connectivity index (χ0n) is 12.7. The molecule has 0 atom stereocenters. The summed E-state index contributed by atoms with van der Waals surface area (Å²) >= 11 is 6.20. The fourth-order valence-corrected chi connectivity index (χ4v) is 2.41. The summed E-state index contributed by atoms with van der Waals surface area (Å²) in [5.74, 6) is 0.0727. The van der Waals surface area contributed by atoms with Gasteiger partial charge < -0.3 is 16.3 Å². The van der Waals surface area contributed by atoms with Gasteiger partial charge in [0.2, 0.25) is 0 Å². The molecule has 1 rings (SSSR count). The van der Waals surface area contributed by atoms with Crippen LogP contribution >= 0.6 is 11.6 Å². The first-order valence-corrected chi connectivity index (χ1v) is 8.04. The van der Waals surface area contributed by atoms with E-state index in [0.717, 1.165) is 18.7 Å². The maximum Gasteiger partial charge on any atom is 0.170 e. The molecule has 0 aliphatic carbocycles. The molecule has 0 saturated heterocycles. The molecule has 5 heteroatoms. The van der Waals surface area contributed by atoms with Gasteiger partial charge >= 0.3 is 0 Å². The summed E-state index contributed by atoms with van der Waals surface area (Å²) in [6, 6.07) is 5.44. The van der Waals surface area contributed by atoms with E-state index in [4.69, 9.17) is 22.5 Å². The maximum atomic E-state index is 8.63. The van der Waals surface area contributed by atoms with Gasteiger partial charge in [-0.3, -0.25) is 0 Å². The van der Waals surface area contributed by atoms with Gasteiger partial charge in [-0.25, -0.2) is 0 Å². The topological polar surface area (TPSA) is 70.6 Å². The summed E-state index contributed by atoms with van der Waals surface area (Å²) in [6.07, 6.45) is 7.78. The number of nitrogens with one attached hydrogen (secondary N) is 1. The molecular formula is C16H26ClN3O. The Morgan fingerprint density at radius 2 is 1.95 bits per heavy atom. The Morgan fingerprint density at radius 1 is 1.24 bits per heavy atom. The van der Waals surface area contributed by atoms with Crippen molar-refractivity contribution in [1.29, 1.82) is 0 Å². The van der Waals surface area contributed by atoms with E-state index in [-0.39, 0.29) is 5.84 Å². The highest BCUT2D eigenvalue weighted by atomic mass is 35.5. The molecule has 0 saturated carbocycles. The van der Waals surface area contributed by atoms with Crippen molar-refractivity contribution in [2.45, 2.75) is 52.0 Å². The molecule has 118 valence electrons. The fourth-order valence-electron chi connectivity index (χ4n) is 2.16. The van der Waals surface area contributed by atoms with Gasteiger partial charge in [0, 0.05) is 17.1 Å². The fraction of sp³-hybridized carbons (Fsp3) is 0.562. The van der Waals surface area contributed by atoms with Crippen molar-refractivity contribution in [3.05, 3.63) is 34.3 Å². The van der Waals surface area contributed by atoms with Crippen LogP contribution in [0.4, 0.5) is 0 Å². The van der Waals surface area contributed by atoms with Crippen molar-refractivity contribution in [2.75, 3.05) is 6.54 Å². The Labute approximate surface area is 132 Å². The van der Waals surface area contributed by atoms with Gasteiger partial charge in [-0.2, -0.15) is 0 Å². The number of oxime groups is 1. The molecule has 0 bridgehead atoms. The second-order valence-electron chi connectivity index (χ2n) is 5.24. The Kier molecular flexibility index (Phi) is 8.87. The average Bonchev–Trinajstić information content (AvgIpc) is 2.50. The first-order chi connectivity index (χ1) is 10.2. The number of halogens is 1. The van der Waals surface area contributed by atoms with Crippen LogP contribution in [0, 0.1) is 0 Å². The van der Waals surface area contributed by atoms with Crippen molar-refractivity contribution in [1.82, 2.24) is 5.32 Å². The number of hydrogen-bond donors (Lipinski definition) is 3. The molecule has 4 nitrogen and oxygen atoms in total. The highest BCUT2D eigenvalue weighted by Crippen LogP contribution is 2.17. The predicted octanol–water partition coefficient (Wildman–Crippen LogP) is 3.88. The lowest BCUT2D eigenvalue weighted by atomic mass is 10.1. The molecule has 0 heterocycles. The Balaban J connectivity index is 2.26. The van der Waals surface area contributed by atoms with Crippen LogP contribution in [-0.4, -0.2) is 17.6 Å². The number of nitrogens with zero attached hydrogens (tertiary/aromatic N) is 1. The van der Waals surface area contributed by atoms with Crippen LogP contribution in [0.1, 0.15) is 56.6 Å². The number of benzene rings is 1. The molecule has 0 aliphatic rings. The van der Waals surface area contributed by atoms with Crippen LogP contribution in [0.15, 0.2) is 23.4 Å². The van der Waals surface area contributed by atoms with Gasteiger partial charge in [0.1, 0.15) is 0 Å². The largest absolute Gasteiger partial charge is 0.409 e. The molecule has 0 spiro atoms. The van der Waals surface area contributed by atoms with Crippen LogP contribution in [0.5, 0.6) is 0 Å². The summed E-state index contributed by atoms with van der Waals surface area (Å²) in [5, 5.41) is 15.6. The molecule has 0 amide bonds. The third kappa shape index (κ3) is 6.82. The van der Waals surface area contributed by atoms with Gasteiger partial charge in [-0.15, -0.1) is 0 Å². The SMILES string of the molecule is CCCCCCCCNCc1ccc(/C(N)=N/O)cc1Cl. The number of nitrogens with two attached hydrogens (primary N) is 1. The van der Waals surface area contributed by atoms with Crippen molar-refractivity contribution in [3.63, 3.8) is 0 Å². The van der Waals surface area contributed by atoms with Gasteiger partial charge in [0.15, 0.2) is 5.84 Å². The van der Waals surface area contributed by atoms with Crippen LogP contribution in [0.3, 0.4) is 0 Å². The van der Waals surface area contributed by atoms with Crippen molar-refractivity contribution in [3.8, 4) is 0 Å². The molecule has 0 radical (unpaired) electrons. The molecule has 1 aromatic carbocycles. The Hall–Kier alpha value is -1.26. The van der Waals surface area contributed by atoms with Crippen LogP contribution in [0.2, 0.25) is 5.02 Å². The number of amidine groups is 1. The third-order valence-corrected chi connectivity index (χ3v) is 3.83. The minimum absolute atomic E-state index is 0.0727. The normalized spacial score (nSPS) is 11.8. The minimum Gasteiger partial charge on any atom is -0.409 e. The zero-order chi connectivity index (χ0) is 15.5. The van der Waals surface area contributed by atoms with Crippen LogP contribution in [-0.2, 0) is 6.54 Å². The number of hydrogen-bond acceptors (Lipinski definition) is 3. The second-order valence-corrected chi connectivity index (χ2v) is 5.64. The van der Waals surface area contributed by atoms with E-state index in [2.05, 4.69) is 17.4 Å². The van der Waals surface area contributed by atoms with E-state index in [1.807, 2.05) is 12.1 Å². The quantitative estimate of drug-likeness (QED) is 0.202.